The summed E-state index contributed by atoms with van der Waals surface area (Å²) in [4.78, 5) is 20.8. The molecule has 106 valence electrons. The number of pyridine rings is 1. The van der Waals surface area contributed by atoms with E-state index < -0.39 is 6.09 Å². The van der Waals surface area contributed by atoms with E-state index >= 15 is 0 Å². The Bertz CT molecular complexity index is 632. The van der Waals surface area contributed by atoms with E-state index in [-0.39, 0.29) is 6.04 Å². The predicted molar refractivity (Wildman–Crippen MR) is 72.8 cm³/mol. The molecule has 0 unspecified atom stereocenters. The minimum Gasteiger partial charge on any atom is -0.465 e. The lowest BCUT2D eigenvalue weighted by Gasteiger charge is -2.29. The first kappa shape index (κ1) is 12.7. The Kier molecular flexibility index (Phi) is 3.17. The van der Waals surface area contributed by atoms with Gasteiger partial charge in [-0.25, -0.2) is 4.79 Å². The van der Waals surface area contributed by atoms with E-state index in [9.17, 15) is 4.79 Å². The summed E-state index contributed by atoms with van der Waals surface area (Å²) in [6.45, 7) is 2.95. The second-order valence-electron chi connectivity index (χ2n) is 4.95. The highest BCUT2D eigenvalue weighted by molar-refractivity contribution is 5.76. The molecule has 1 saturated heterocycles. The van der Waals surface area contributed by atoms with Crippen LogP contribution in [-0.4, -0.2) is 45.2 Å². The summed E-state index contributed by atoms with van der Waals surface area (Å²) in [5.41, 5.74) is 2.28. The van der Waals surface area contributed by atoms with E-state index in [0.29, 0.717) is 24.7 Å². The van der Waals surface area contributed by atoms with Crippen molar-refractivity contribution in [2.24, 2.45) is 0 Å². The van der Waals surface area contributed by atoms with Crippen LogP contribution in [0.2, 0.25) is 0 Å². The van der Waals surface area contributed by atoms with E-state index in [1.165, 1.54) is 4.90 Å². The minimum absolute atomic E-state index is 0.187. The van der Waals surface area contributed by atoms with Gasteiger partial charge in [0.1, 0.15) is 5.52 Å². The van der Waals surface area contributed by atoms with Crippen molar-refractivity contribution in [3.63, 3.8) is 0 Å². The molecule has 20 heavy (non-hydrogen) atoms. The third-order valence-corrected chi connectivity index (χ3v) is 3.58. The molecule has 0 aliphatic carbocycles. The molecule has 0 aromatic carbocycles. The molecule has 1 fully saturated rings. The Hall–Kier alpha value is -2.31. The topological polar surface area (TPSA) is 91.5 Å². The van der Waals surface area contributed by atoms with Gasteiger partial charge in [0.15, 0.2) is 5.58 Å². The number of likely N-dealkylation sites (tertiary alicyclic amines) is 1. The molecule has 0 atom stereocenters. The quantitative estimate of drug-likeness (QED) is 0.872. The monoisotopic (exact) mass is 276 g/mol. The third kappa shape index (κ3) is 2.38. The van der Waals surface area contributed by atoms with Crippen molar-refractivity contribution in [1.82, 2.24) is 14.9 Å². The summed E-state index contributed by atoms with van der Waals surface area (Å²) in [6, 6.07) is 2.47. The van der Waals surface area contributed by atoms with Gasteiger partial charge in [-0.1, -0.05) is 0 Å². The SMILES string of the molecule is Cc1nccc2nc(NC3CCN(C(=O)O)CC3)oc12. The lowest BCUT2D eigenvalue weighted by molar-refractivity contribution is 0.133. The number of fused-ring (bicyclic) bond motifs is 1. The maximum atomic E-state index is 10.8. The van der Waals surface area contributed by atoms with Gasteiger partial charge in [-0.2, -0.15) is 4.98 Å². The lowest BCUT2D eigenvalue weighted by Crippen LogP contribution is -2.41. The maximum absolute atomic E-state index is 10.8. The van der Waals surface area contributed by atoms with Crippen LogP contribution in [0.5, 0.6) is 0 Å². The molecule has 2 N–H and O–H groups in total. The summed E-state index contributed by atoms with van der Waals surface area (Å²) in [7, 11) is 0. The minimum atomic E-state index is -0.855. The van der Waals surface area contributed by atoms with Crippen LogP contribution < -0.4 is 5.32 Å². The van der Waals surface area contributed by atoms with Gasteiger partial charge in [-0.15, -0.1) is 0 Å². The lowest BCUT2D eigenvalue weighted by atomic mass is 10.1. The van der Waals surface area contributed by atoms with E-state index in [1.54, 1.807) is 6.20 Å². The van der Waals surface area contributed by atoms with Crippen LogP contribution in [0.4, 0.5) is 10.8 Å². The van der Waals surface area contributed by atoms with Gasteiger partial charge in [-0.3, -0.25) is 4.98 Å². The second kappa shape index (κ2) is 4.99. The Morgan fingerprint density at radius 3 is 2.90 bits per heavy atom. The first-order valence-corrected chi connectivity index (χ1v) is 6.60. The van der Waals surface area contributed by atoms with Gasteiger partial charge in [0, 0.05) is 25.3 Å². The number of piperidine rings is 1. The molecule has 0 saturated carbocycles. The van der Waals surface area contributed by atoms with E-state index in [0.717, 1.165) is 24.1 Å². The molecule has 1 amide bonds. The molecule has 0 radical (unpaired) electrons. The smallest absolute Gasteiger partial charge is 0.407 e. The van der Waals surface area contributed by atoms with Crippen molar-refractivity contribution in [2.45, 2.75) is 25.8 Å². The number of hydrogen-bond donors (Lipinski definition) is 2. The zero-order valence-electron chi connectivity index (χ0n) is 11.2. The van der Waals surface area contributed by atoms with Crippen molar-refractivity contribution in [1.29, 1.82) is 0 Å². The molecule has 2 aromatic rings. The van der Waals surface area contributed by atoms with Gasteiger partial charge < -0.3 is 19.7 Å². The van der Waals surface area contributed by atoms with Gasteiger partial charge in [0.2, 0.25) is 0 Å². The summed E-state index contributed by atoms with van der Waals surface area (Å²) >= 11 is 0. The zero-order chi connectivity index (χ0) is 14.1. The highest BCUT2D eigenvalue weighted by atomic mass is 16.4. The number of carbonyl (C=O) groups is 1. The van der Waals surface area contributed by atoms with Crippen molar-refractivity contribution < 1.29 is 14.3 Å². The fraction of sp³-hybridized carbons (Fsp3) is 0.462. The molecule has 1 aliphatic rings. The number of rotatable bonds is 2. The number of carboxylic acid groups (broad SMARTS) is 1. The third-order valence-electron chi connectivity index (χ3n) is 3.58. The number of aromatic nitrogens is 2. The van der Waals surface area contributed by atoms with Crippen molar-refractivity contribution in [2.75, 3.05) is 18.4 Å². The largest absolute Gasteiger partial charge is 0.465 e. The van der Waals surface area contributed by atoms with Gasteiger partial charge in [-0.05, 0) is 25.8 Å². The van der Waals surface area contributed by atoms with Crippen LogP contribution >= 0.6 is 0 Å². The van der Waals surface area contributed by atoms with Crippen molar-refractivity contribution in [3.05, 3.63) is 18.0 Å². The Morgan fingerprint density at radius 2 is 2.25 bits per heavy atom. The number of nitrogens with zero attached hydrogens (tertiary/aromatic N) is 3. The number of hydrogen-bond acceptors (Lipinski definition) is 5. The summed E-state index contributed by atoms with van der Waals surface area (Å²) in [6.07, 6.45) is 2.35. The molecule has 0 spiro atoms. The number of aryl methyl sites for hydroxylation is 1. The molecular weight excluding hydrogens is 260 g/mol. The molecule has 0 bridgehead atoms. The average molecular weight is 276 g/mol. The van der Waals surface area contributed by atoms with Crippen LogP contribution in [0.3, 0.4) is 0 Å². The number of anilines is 1. The highest BCUT2D eigenvalue weighted by Crippen LogP contribution is 2.22. The Morgan fingerprint density at radius 1 is 1.50 bits per heavy atom. The molecular formula is C13H16N4O3. The zero-order valence-corrected chi connectivity index (χ0v) is 11.2. The summed E-state index contributed by atoms with van der Waals surface area (Å²) in [5, 5.41) is 12.1. The van der Waals surface area contributed by atoms with Crippen LogP contribution in [0, 0.1) is 6.92 Å². The van der Waals surface area contributed by atoms with Crippen molar-refractivity contribution >= 4 is 23.2 Å². The van der Waals surface area contributed by atoms with Crippen LogP contribution in [0.15, 0.2) is 16.7 Å². The molecule has 3 heterocycles. The average Bonchev–Trinajstić information content (AvgIpc) is 2.83. The van der Waals surface area contributed by atoms with Crippen LogP contribution in [0.25, 0.3) is 11.1 Å². The van der Waals surface area contributed by atoms with E-state index in [4.69, 9.17) is 9.52 Å². The maximum Gasteiger partial charge on any atom is 0.407 e. The molecule has 2 aromatic heterocycles. The predicted octanol–water partition coefficient (Wildman–Crippen LogP) is 2.09. The summed E-state index contributed by atoms with van der Waals surface area (Å²) < 4.78 is 5.66. The van der Waals surface area contributed by atoms with Crippen LogP contribution in [-0.2, 0) is 0 Å². The summed E-state index contributed by atoms with van der Waals surface area (Å²) in [5.74, 6) is 0. The molecule has 7 heteroatoms. The Labute approximate surface area is 115 Å². The molecule has 3 rings (SSSR count). The Balaban J connectivity index is 1.68. The second-order valence-corrected chi connectivity index (χ2v) is 4.95. The van der Waals surface area contributed by atoms with E-state index in [1.807, 2.05) is 13.0 Å². The van der Waals surface area contributed by atoms with Gasteiger partial charge in [0.25, 0.3) is 6.01 Å². The fourth-order valence-electron chi connectivity index (χ4n) is 2.43. The fourth-order valence-corrected chi connectivity index (χ4v) is 2.43. The first-order chi connectivity index (χ1) is 9.63. The number of oxazole rings is 1. The van der Waals surface area contributed by atoms with Gasteiger partial charge >= 0.3 is 6.09 Å². The number of nitrogens with one attached hydrogen (secondary N) is 1. The standard InChI is InChI=1S/C13H16N4O3/c1-8-11-10(2-5-14-8)16-12(20-11)15-9-3-6-17(7-4-9)13(18)19/h2,5,9H,3-4,6-7H2,1H3,(H,15,16)(H,18,19). The highest BCUT2D eigenvalue weighted by Gasteiger charge is 2.23. The molecule has 7 nitrogen and oxygen atoms in total. The van der Waals surface area contributed by atoms with Gasteiger partial charge in [0.05, 0.1) is 5.69 Å². The van der Waals surface area contributed by atoms with Crippen molar-refractivity contribution in [3.8, 4) is 0 Å². The normalized spacial score (nSPS) is 16.6. The van der Waals surface area contributed by atoms with E-state index in [2.05, 4.69) is 15.3 Å². The number of amides is 1. The first-order valence-electron chi connectivity index (χ1n) is 6.60. The van der Waals surface area contributed by atoms with Crippen LogP contribution in [0.1, 0.15) is 18.5 Å². The molecule has 1 aliphatic heterocycles.